The smallest absolute Gasteiger partial charge is 0.271 e. The average Bonchev–Trinajstić information content (AvgIpc) is 2.58. The Kier molecular flexibility index (Phi) is 5.71. The summed E-state index contributed by atoms with van der Waals surface area (Å²) in [5.41, 5.74) is 1.32. The van der Waals surface area contributed by atoms with Crippen molar-refractivity contribution in [2.45, 2.75) is 6.92 Å². The van der Waals surface area contributed by atoms with Gasteiger partial charge in [-0.05, 0) is 24.6 Å². The Bertz CT molecular complexity index is 903. The van der Waals surface area contributed by atoms with Crippen molar-refractivity contribution < 1.29 is 9.72 Å². The van der Waals surface area contributed by atoms with Crippen molar-refractivity contribution in [3.8, 4) is 6.07 Å². The second kappa shape index (κ2) is 7.95. The van der Waals surface area contributed by atoms with Crippen molar-refractivity contribution in [3.63, 3.8) is 0 Å². The number of rotatable bonds is 5. The molecule has 0 bridgehead atoms. The molecule has 0 saturated heterocycles. The highest BCUT2D eigenvalue weighted by Crippen LogP contribution is 2.27. The minimum absolute atomic E-state index is 0.0536. The molecule has 0 saturated carbocycles. The number of halogens is 1. The maximum atomic E-state index is 12.2. The second-order valence-corrected chi connectivity index (χ2v) is 5.41. The first-order chi connectivity index (χ1) is 11.9. The first kappa shape index (κ1) is 18.0. The van der Waals surface area contributed by atoms with E-state index in [1.807, 2.05) is 25.1 Å². The highest BCUT2D eigenvalue weighted by Gasteiger charge is 2.15. The van der Waals surface area contributed by atoms with E-state index in [0.717, 1.165) is 17.3 Å². The summed E-state index contributed by atoms with van der Waals surface area (Å²) < 4.78 is 0. The summed E-state index contributed by atoms with van der Waals surface area (Å²) in [5, 5.41) is 25.4. The number of nitrogens with one attached hydrogen (secondary N) is 2. The average molecular weight is 357 g/mol. The minimum atomic E-state index is -0.731. The lowest BCUT2D eigenvalue weighted by Gasteiger charge is -2.08. The summed E-state index contributed by atoms with van der Waals surface area (Å²) in [6.07, 6.45) is 1.27. The van der Waals surface area contributed by atoms with Crippen LogP contribution in [0, 0.1) is 28.4 Å². The number of hydrogen-bond donors (Lipinski definition) is 2. The van der Waals surface area contributed by atoms with Crippen molar-refractivity contribution in [3.05, 3.63) is 74.9 Å². The fourth-order valence-corrected chi connectivity index (χ4v) is 2.11. The molecule has 2 aromatic rings. The van der Waals surface area contributed by atoms with Gasteiger partial charge in [0.1, 0.15) is 11.6 Å². The number of hydrogen-bond acceptors (Lipinski definition) is 5. The number of carbonyl (C=O) groups excluding carboxylic acids is 1. The molecule has 0 fully saturated rings. The summed E-state index contributed by atoms with van der Waals surface area (Å²) in [4.78, 5) is 22.4. The molecule has 7 nitrogen and oxygen atoms in total. The molecule has 0 unspecified atom stereocenters. The van der Waals surface area contributed by atoms with E-state index in [9.17, 15) is 20.2 Å². The van der Waals surface area contributed by atoms with Crippen LogP contribution in [0.2, 0.25) is 5.02 Å². The number of benzene rings is 2. The molecule has 0 aliphatic carbocycles. The Labute approximate surface area is 148 Å². The standard InChI is InChI=1S/C17H13ClN4O3/c1-11-4-2-3-5-15(11)20-10-12(9-19)17(23)21-16-8-13(22(24)25)6-7-14(16)18/h2-8,10,20H,1H3,(H,21,23)/b12-10-. The maximum absolute atomic E-state index is 12.2. The lowest BCUT2D eigenvalue weighted by atomic mass is 10.2. The third-order valence-corrected chi connectivity index (χ3v) is 3.62. The van der Waals surface area contributed by atoms with Gasteiger partial charge in [0, 0.05) is 24.0 Å². The van der Waals surface area contributed by atoms with Crippen LogP contribution in [-0.4, -0.2) is 10.8 Å². The van der Waals surface area contributed by atoms with Gasteiger partial charge in [0.2, 0.25) is 0 Å². The number of anilines is 2. The Hall–Kier alpha value is -3.37. The van der Waals surface area contributed by atoms with E-state index in [0.29, 0.717) is 0 Å². The summed E-state index contributed by atoms with van der Waals surface area (Å²) in [6.45, 7) is 1.88. The monoisotopic (exact) mass is 356 g/mol. The molecule has 0 radical (unpaired) electrons. The van der Waals surface area contributed by atoms with Crippen LogP contribution in [0.5, 0.6) is 0 Å². The molecule has 0 aliphatic heterocycles. The number of non-ortho nitro benzene ring substituents is 1. The molecule has 0 spiro atoms. The molecular weight excluding hydrogens is 344 g/mol. The van der Waals surface area contributed by atoms with Gasteiger partial charge in [0.25, 0.3) is 11.6 Å². The van der Waals surface area contributed by atoms with Crippen LogP contribution in [0.25, 0.3) is 0 Å². The summed E-state index contributed by atoms with van der Waals surface area (Å²) in [6, 6.07) is 12.8. The molecule has 0 aliphatic rings. The molecule has 0 aromatic heterocycles. The van der Waals surface area contributed by atoms with Gasteiger partial charge in [0.05, 0.1) is 15.6 Å². The van der Waals surface area contributed by atoms with E-state index in [-0.39, 0.29) is 22.0 Å². The number of nitro groups is 1. The Balaban J connectivity index is 2.19. The number of nitriles is 1. The van der Waals surface area contributed by atoms with Gasteiger partial charge in [-0.15, -0.1) is 0 Å². The molecule has 0 heterocycles. The van der Waals surface area contributed by atoms with Gasteiger partial charge in [-0.2, -0.15) is 5.26 Å². The highest BCUT2D eigenvalue weighted by molar-refractivity contribution is 6.34. The Morgan fingerprint density at radius 2 is 2.00 bits per heavy atom. The van der Waals surface area contributed by atoms with E-state index in [1.54, 1.807) is 12.1 Å². The van der Waals surface area contributed by atoms with Crippen molar-refractivity contribution in [2.75, 3.05) is 10.6 Å². The molecular formula is C17H13ClN4O3. The number of carbonyl (C=O) groups is 1. The molecule has 2 rings (SSSR count). The zero-order valence-corrected chi connectivity index (χ0v) is 13.9. The molecule has 2 N–H and O–H groups in total. The molecule has 126 valence electrons. The third kappa shape index (κ3) is 4.56. The van der Waals surface area contributed by atoms with E-state index >= 15 is 0 Å². The number of aryl methyl sites for hydroxylation is 1. The van der Waals surface area contributed by atoms with Crippen molar-refractivity contribution >= 4 is 34.6 Å². The van der Waals surface area contributed by atoms with Crippen LogP contribution in [0.1, 0.15) is 5.56 Å². The lowest BCUT2D eigenvalue weighted by Crippen LogP contribution is -2.15. The lowest BCUT2D eigenvalue weighted by molar-refractivity contribution is -0.384. The predicted octanol–water partition coefficient (Wildman–Crippen LogP) is 4.01. The minimum Gasteiger partial charge on any atom is -0.360 e. The van der Waals surface area contributed by atoms with Crippen LogP contribution >= 0.6 is 11.6 Å². The molecule has 0 atom stereocenters. The number of nitrogens with zero attached hydrogens (tertiary/aromatic N) is 2. The fraction of sp³-hybridized carbons (Fsp3) is 0.0588. The van der Waals surface area contributed by atoms with Crippen LogP contribution in [0.15, 0.2) is 54.2 Å². The van der Waals surface area contributed by atoms with Gasteiger partial charge in [-0.1, -0.05) is 29.8 Å². The molecule has 2 aromatic carbocycles. The van der Waals surface area contributed by atoms with E-state index < -0.39 is 10.8 Å². The first-order valence-electron chi connectivity index (χ1n) is 7.10. The van der Waals surface area contributed by atoms with Gasteiger partial charge < -0.3 is 10.6 Å². The topological polar surface area (TPSA) is 108 Å². The third-order valence-electron chi connectivity index (χ3n) is 3.29. The number of nitro benzene ring substituents is 1. The highest BCUT2D eigenvalue weighted by atomic mass is 35.5. The van der Waals surface area contributed by atoms with Crippen LogP contribution in [-0.2, 0) is 4.79 Å². The molecule has 1 amide bonds. The van der Waals surface area contributed by atoms with Crippen molar-refractivity contribution in [1.82, 2.24) is 0 Å². The van der Waals surface area contributed by atoms with E-state index in [4.69, 9.17) is 11.6 Å². The van der Waals surface area contributed by atoms with Crippen LogP contribution in [0.3, 0.4) is 0 Å². The van der Waals surface area contributed by atoms with Crippen molar-refractivity contribution in [1.29, 1.82) is 5.26 Å². The zero-order chi connectivity index (χ0) is 18.4. The number of para-hydroxylation sites is 1. The second-order valence-electron chi connectivity index (χ2n) is 5.00. The summed E-state index contributed by atoms with van der Waals surface area (Å²) in [5.74, 6) is -0.731. The first-order valence-corrected chi connectivity index (χ1v) is 7.48. The molecule has 25 heavy (non-hydrogen) atoms. The maximum Gasteiger partial charge on any atom is 0.271 e. The Morgan fingerprint density at radius 1 is 1.28 bits per heavy atom. The van der Waals surface area contributed by atoms with Gasteiger partial charge >= 0.3 is 0 Å². The zero-order valence-electron chi connectivity index (χ0n) is 13.1. The Morgan fingerprint density at radius 3 is 2.64 bits per heavy atom. The van der Waals surface area contributed by atoms with Gasteiger partial charge in [-0.25, -0.2) is 0 Å². The number of amides is 1. The quantitative estimate of drug-likeness (QED) is 0.364. The summed E-state index contributed by atoms with van der Waals surface area (Å²) in [7, 11) is 0. The molecule has 8 heteroatoms. The van der Waals surface area contributed by atoms with E-state index in [2.05, 4.69) is 10.6 Å². The van der Waals surface area contributed by atoms with Crippen LogP contribution in [0.4, 0.5) is 17.1 Å². The summed E-state index contributed by atoms with van der Waals surface area (Å²) >= 11 is 5.93. The van der Waals surface area contributed by atoms with Gasteiger partial charge in [-0.3, -0.25) is 14.9 Å². The predicted molar refractivity (Wildman–Crippen MR) is 95.2 cm³/mol. The van der Waals surface area contributed by atoms with E-state index in [1.165, 1.54) is 18.3 Å². The normalized spacial score (nSPS) is 10.7. The van der Waals surface area contributed by atoms with Crippen LogP contribution < -0.4 is 10.6 Å². The fourth-order valence-electron chi connectivity index (χ4n) is 1.95. The SMILES string of the molecule is Cc1ccccc1N/C=C(/C#N)C(=O)Nc1cc([N+](=O)[O-])ccc1Cl. The van der Waals surface area contributed by atoms with Crippen molar-refractivity contribution in [2.24, 2.45) is 0 Å². The van der Waals surface area contributed by atoms with Gasteiger partial charge in [0.15, 0.2) is 0 Å². The largest absolute Gasteiger partial charge is 0.360 e.